The second kappa shape index (κ2) is 25.5. The monoisotopic (exact) mass is 1090 g/mol. The van der Waals surface area contributed by atoms with Gasteiger partial charge in [-0.1, -0.05) is 0 Å². The second-order valence-electron chi connectivity index (χ2n) is 17.3. The molecular weight excluding hydrogens is 1020 g/mol. The Morgan fingerprint density at radius 3 is 0.685 bits per heavy atom. The molecule has 0 aliphatic carbocycles. The van der Waals surface area contributed by atoms with Gasteiger partial charge in [0.05, 0.1) is 0 Å². The van der Waals surface area contributed by atoms with E-state index in [1.165, 1.54) is 14.4 Å². The van der Waals surface area contributed by atoms with Crippen molar-refractivity contribution in [3.05, 3.63) is 194 Å². The maximum atomic E-state index is 6.69. The van der Waals surface area contributed by atoms with Crippen LogP contribution in [0.2, 0.25) is 0 Å². The minimum absolute atomic E-state index is 0.481. The van der Waals surface area contributed by atoms with Crippen LogP contribution in [0.3, 0.4) is 0 Å². The summed E-state index contributed by atoms with van der Waals surface area (Å²) in [6.07, 6.45) is -1.93. The van der Waals surface area contributed by atoms with Gasteiger partial charge in [0.2, 0.25) is 0 Å². The third-order valence-electron chi connectivity index (χ3n) is 12.3. The molecule has 4 atom stereocenters. The van der Waals surface area contributed by atoms with E-state index in [1.807, 2.05) is 79.7 Å². The Morgan fingerprint density at radius 2 is 0.493 bits per heavy atom. The summed E-state index contributed by atoms with van der Waals surface area (Å²) in [6.45, 7) is 17.8. The summed E-state index contributed by atoms with van der Waals surface area (Å²) in [5.41, 5.74) is 7.92. The second-order valence-corrected chi connectivity index (χ2v) is 26.1. The molecule has 4 unspecified atom stereocenters. The Morgan fingerprint density at radius 1 is 0.288 bits per heavy atom. The van der Waals surface area contributed by atoms with E-state index in [4.69, 9.17) is 37.9 Å². The number of ether oxygens (including phenoxy) is 8. The van der Waals surface area contributed by atoms with Crippen molar-refractivity contribution in [1.82, 2.24) is 0 Å². The van der Waals surface area contributed by atoms with Gasteiger partial charge in [0.15, 0.2) is 0 Å². The fourth-order valence-corrected chi connectivity index (χ4v) is 20.3. The molecule has 0 bridgehead atoms. The molecule has 0 aromatic heterocycles. The standard InChI is InChI=1S/C64H68O8Te/c1-9-65-45(5)69-61-37-33-53(41-57(61)49-25-17-13-18-26-49)73(54-34-38-62(70-46(6)66-10-2)58(42-54)50-27-19-14-20-28-50,55-35-39-63(71-47(7)67-11-3)59(43-55)51-29-21-15-22-30-51)56-36-40-64(72-48(8)68-12-4)60(44-56)52-31-23-16-24-32-52/h13-48H,9-12H2,1-8H3. The summed E-state index contributed by atoms with van der Waals surface area (Å²) in [4.78, 5) is 0. The van der Waals surface area contributed by atoms with E-state index in [9.17, 15) is 0 Å². The quantitative estimate of drug-likeness (QED) is 0.0438. The van der Waals surface area contributed by atoms with Crippen molar-refractivity contribution in [3.63, 3.8) is 0 Å². The van der Waals surface area contributed by atoms with Crippen LogP contribution < -0.4 is 33.4 Å². The van der Waals surface area contributed by atoms with Gasteiger partial charge >= 0.3 is 439 Å². The Hall–Kier alpha value is -6.41. The van der Waals surface area contributed by atoms with Crippen LogP contribution in [-0.2, 0) is 18.9 Å². The Kier molecular flexibility index (Phi) is 18.5. The van der Waals surface area contributed by atoms with Gasteiger partial charge in [0.1, 0.15) is 0 Å². The predicted molar refractivity (Wildman–Crippen MR) is 299 cm³/mol. The van der Waals surface area contributed by atoms with Gasteiger partial charge in [-0.2, -0.15) is 0 Å². The van der Waals surface area contributed by atoms with Crippen molar-refractivity contribution in [3.8, 4) is 67.5 Å². The third kappa shape index (κ3) is 12.5. The molecule has 378 valence electrons. The van der Waals surface area contributed by atoms with Crippen molar-refractivity contribution < 1.29 is 37.9 Å². The molecule has 0 heterocycles. The van der Waals surface area contributed by atoms with Crippen LogP contribution in [0, 0.1) is 0 Å². The van der Waals surface area contributed by atoms with E-state index in [2.05, 4.69) is 170 Å². The fourth-order valence-electron chi connectivity index (χ4n) is 9.19. The first-order valence-electron chi connectivity index (χ1n) is 25.4. The Labute approximate surface area is 436 Å². The van der Waals surface area contributed by atoms with Crippen molar-refractivity contribution in [2.24, 2.45) is 0 Å². The molecule has 0 spiro atoms. The normalized spacial score (nSPS) is 14.2. The Bertz CT molecular complexity index is 2580. The molecule has 0 fully saturated rings. The summed E-state index contributed by atoms with van der Waals surface area (Å²) in [5, 5.41) is 0. The van der Waals surface area contributed by atoms with E-state index >= 15 is 0 Å². The van der Waals surface area contributed by atoms with Gasteiger partial charge in [0, 0.05) is 0 Å². The van der Waals surface area contributed by atoms with Gasteiger partial charge in [-0.3, -0.25) is 0 Å². The SMILES string of the molecule is CCOC(C)Oc1ccc([Te](c2ccc(OC(C)OCC)c(-c3ccccc3)c2)(c2ccc(OC(C)OCC)c(-c3ccccc3)c2)c2ccc(OC(C)OCC)c(-c3ccccc3)c2)cc1-c1ccccc1. The van der Waals surface area contributed by atoms with E-state index < -0.39 is 43.3 Å². The van der Waals surface area contributed by atoms with Gasteiger partial charge in [-0.15, -0.1) is 0 Å². The molecule has 73 heavy (non-hydrogen) atoms. The molecule has 0 amide bonds. The van der Waals surface area contributed by atoms with Gasteiger partial charge in [0.25, 0.3) is 0 Å². The number of hydrogen-bond acceptors (Lipinski definition) is 8. The van der Waals surface area contributed by atoms with Gasteiger partial charge < -0.3 is 0 Å². The van der Waals surface area contributed by atoms with Gasteiger partial charge in [-0.05, 0) is 0 Å². The van der Waals surface area contributed by atoms with Crippen LogP contribution in [0.5, 0.6) is 23.0 Å². The van der Waals surface area contributed by atoms with Crippen molar-refractivity contribution in [1.29, 1.82) is 0 Å². The first-order valence-corrected chi connectivity index (χ1v) is 30.1. The molecule has 0 aliphatic rings. The van der Waals surface area contributed by atoms with Gasteiger partial charge in [-0.25, -0.2) is 0 Å². The average molecular weight is 1090 g/mol. The molecule has 8 nitrogen and oxygen atoms in total. The van der Waals surface area contributed by atoms with E-state index in [0.717, 1.165) is 67.5 Å². The zero-order valence-electron chi connectivity index (χ0n) is 43.3. The number of benzene rings is 8. The van der Waals surface area contributed by atoms with Crippen LogP contribution in [0.4, 0.5) is 0 Å². The molecule has 0 radical (unpaired) electrons. The Balaban J connectivity index is 1.55. The van der Waals surface area contributed by atoms with Crippen LogP contribution in [0.25, 0.3) is 44.5 Å². The molecular formula is C64H68O8Te. The molecule has 8 aromatic carbocycles. The van der Waals surface area contributed by atoms with Crippen LogP contribution in [-0.4, -0.2) is 69.8 Å². The van der Waals surface area contributed by atoms with E-state index in [0.29, 0.717) is 26.4 Å². The molecule has 0 aliphatic heterocycles. The summed E-state index contributed by atoms with van der Waals surface area (Å²) in [5.74, 6) is 2.90. The fraction of sp³-hybridized carbons (Fsp3) is 0.250. The molecule has 0 saturated carbocycles. The van der Waals surface area contributed by atoms with E-state index in [-0.39, 0.29) is 0 Å². The minimum atomic E-state index is -4.55. The molecule has 8 aromatic rings. The van der Waals surface area contributed by atoms with Crippen molar-refractivity contribution in [2.75, 3.05) is 26.4 Å². The average Bonchev–Trinajstić information content (AvgIpc) is 3.41. The summed E-state index contributed by atoms with van der Waals surface area (Å²) < 4.78 is 55.4. The summed E-state index contributed by atoms with van der Waals surface area (Å²) in [7, 11) is 0. The zero-order chi connectivity index (χ0) is 51.2. The summed E-state index contributed by atoms with van der Waals surface area (Å²) >= 11 is -4.55. The first kappa shape index (κ1) is 52.9. The number of rotatable bonds is 24. The third-order valence-corrected chi connectivity index (χ3v) is 23.3. The molecule has 8 rings (SSSR count). The van der Waals surface area contributed by atoms with Crippen LogP contribution >= 0.6 is 0 Å². The number of hydrogen-bond donors (Lipinski definition) is 0. The summed E-state index contributed by atoms with van der Waals surface area (Å²) in [6, 6.07) is 69.0. The predicted octanol–water partition coefficient (Wildman–Crippen LogP) is 12.8. The molecule has 0 N–H and O–H groups in total. The topological polar surface area (TPSA) is 73.8 Å². The van der Waals surface area contributed by atoms with Crippen LogP contribution in [0.15, 0.2) is 194 Å². The first-order chi connectivity index (χ1) is 35.7. The molecule has 9 heteroatoms. The molecule has 0 saturated heterocycles. The maximum absolute atomic E-state index is 6.69. The van der Waals surface area contributed by atoms with Crippen LogP contribution in [0.1, 0.15) is 55.4 Å². The van der Waals surface area contributed by atoms with E-state index in [1.54, 1.807) is 0 Å². The van der Waals surface area contributed by atoms with Crippen molar-refractivity contribution in [2.45, 2.75) is 80.6 Å². The zero-order valence-corrected chi connectivity index (χ0v) is 45.6. The van der Waals surface area contributed by atoms with Crippen molar-refractivity contribution >= 4 is 32.6 Å².